The summed E-state index contributed by atoms with van der Waals surface area (Å²) in [5, 5.41) is 7.97. The summed E-state index contributed by atoms with van der Waals surface area (Å²) in [5.74, 6) is 1.10. The predicted molar refractivity (Wildman–Crippen MR) is 66.0 cm³/mol. The Bertz CT molecular complexity index is 397. The minimum absolute atomic E-state index is 0.964. The molecule has 0 bridgehead atoms. The quantitative estimate of drug-likeness (QED) is 0.827. The van der Waals surface area contributed by atoms with E-state index in [4.69, 9.17) is 0 Å². The van der Waals surface area contributed by atoms with E-state index in [-0.39, 0.29) is 0 Å². The molecule has 1 N–H and O–H groups in total. The number of hydrogen-bond donors (Lipinski definition) is 1. The fraction of sp³-hybridized carbons (Fsp3) is 0.200. The van der Waals surface area contributed by atoms with Crippen molar-refractivity contribution in [2.45, 2.75) is 11.8 Å². The number of aromatic nitrogens is 2. The Balaban J connectivity index is 2.04. The lowest BCUT2D eigenvalue weighted by molar-refractivity contribution is 1.16. The standard InChI is InChI=1S/C10H11N3S2/c1-2-14-9-5-3-8(4-6-9)12-10-7-11-13-15-10/h3-7,12H,2H2,1H3. The first kappa shape index (κ1) is 10.4. The fourth-order valence-corrected chi connectivity index (χ4v) is 2.27. The van der Waals surface area contributed by atoms with Crippen LogP contribution in [0.2, 0.25) is 0 Å². The second-order valence-corrected chi connectivity index (χ2v) is 4.99. The molecular weight excluding hydrogens is 226 g/mol. The van der Waals surface area contributed by atoms with Gasteiger partial charge in [-0.15, -0.1) is 16.9 Å². The van der Waals surface area contributed by atoms with E-state index in [9.17, 15) is 0 Å². The highest BCUT2D eigenvalue weighted by molar-refractivity contribution is 7.99. The smallest absolute Gasteiger partial charge is 0.134 e. The van der Waals surface area contributed by atoms with Crippen LogP contribution >= 0.6 is 23.3 Å². The van der Waals surface area contributed by atoms with Crippen molar-refractivity contribution in [3.63, 3.8) is 0 Å². The highest BCUT2D eigenvalue weighted by Crippen LogP contribution is 2.22. The Morgan fingerprint density at radius 2 is 2.13 bits per heavy atom. The Kier molecular flexibility index (Phi) is 3.58. The van der Waals surface area contributed by atoms with Gasteiger partial charge in [0, 0.05) is 22.1 Å². The molecule has 0 fully saturated rings. The van der Waals surface area contributed by atoms with Crippen molar-refractivity contribution in [1.29, 1.82) is 0 Å². The van der Waals surface area contributed by atoms with Crippen LogP contribution < -0.4 is 5.32 Å². The van der Waals surface area contributed by atoms with Gasteiger partial charge in [-0.1, -0.05) is 11.4 Å². The second kappa shape index (κ2) is 5.14. The summed E-state index contributed by atoms with van der Waals surface area (Å²) in [6.45, 7) is 2.15. The minimum atomic E-state index is 0.964. The topological polar surface area (TPSA) is 37.8 Å². The lowest BCUT2D eigenvalue weighted by Gasteiger charge is -2.03. The molecule has 0 aliphatic rings. The summed E-state index contributed by atoms with van der Waals surface area (Å²) in [5.41, 5.74) is 1.07. The van der Waals surface area contributed by atoms with E-state index in [2.05, 4.69) is 46.1 Å². The van der Waals surface area contributed by atoms with Crippen LogP contribution in [-0.4, -0.2) is 15.3 Å². The number of thioether (sulfide) groups is 1. The van der Waals surface area contributed by atoms with Gasteiger partial charge >= 0.3 is 0 Å². The lowest BCUT2D eigenvalue weighted by atomic mass is 10.3. The summed E-state index contributed by atoms with van der Waals surface area (Å²) >= 11 is 3.20. The van der Waals surface area contributed by atoms with Crippen molar-refractivity contribution in [3.8, 4) is 0 Å². The minimum Gasteiger partial charge on any atom is -0.345 e. The zero-order chi connectivity index (χ0) is 10.5. The summed E-state index contributed by atoms with van der Waals surface area (Å²) < 4.78 is 3.79. The second-order valence-electron chi connectivity index (χ2n) is 2.86. The molecule has 2 aromatic rings. The van der Waals surface area contributed by atoms with Gasteiger partial charge in [-0.3, -0.25) is 0 Å². The Hall–Kier alpha value is -1.07. The first-order valence-corrected chi connectivity index (χ1v) is 6.41. The van der Waals surface area contributed by atoms with Gasteiger partial charge < -0.3 is 5.32 Å². The average Bonchev–Trinajstić information content (AvgIpc) is 2.74. The normalized spacial score (nSPS) is 10.2. The van der Waals surface area contributed by atoms with Crippen molar-refractivity contribution < 1.29 is 0 Å². The van der Waals surface area contributed by atoms with E-state index in [0.717, 1.165) is 16.4 Å². The van der Waals surface area contributed by atoms with Gasteiger partial charge in [0.05, 0.1) is 6.20 Å². The molecule has 0 unspecified atom stereocenters. The fourth-order valence-electron chi connectivity index (χ4n) is 1.17. The molecule has 1 heterocycles. The van der Waals surface area contributed by atoms with E-state index in [0.29, 0.717) is 0 Å². The van der Waals surface area contributed by atoms with Crippen LogP contribution in [0.25, 0.3) is 0 Å². The molecule has 0 spiro atoms. The molecule has 0 aliphatic heterocycles. The van der Waals surface area contributed by atoms with Crippen LogP contribution in [0.3, 0.4) is 0 Å². The molecule has 2 rings (SSSR count). The third-order valence-electron chi connectivity index (χ3n) is 1.79. The van der Waals surface area contributed by atoms with Gasteiger partial charge in [0.2, 0.25) is 0 Å². The van der Waals surface area contributed by atoms with Crippen molar-refractivity contribution >= 4 is 34.0 Å². The average molecular weight is 237 g/mol. The predicted octanol–water partition coefficient (Wildman–Crippen LogP) is 3.39. The zero-order valence-corrected chi connectivity index (χ0v) is 9.94. The van der Waals surface area contributed by atoms with Gasteiger partial charge in [0.25, 0.3) is 0 Å². The Labute approximate surface area is 97.1 Å². The largest absolute Gasteiger partial charge is 0.345 e. The molecule has 0 saturated heterocycles. The molecule has 3 nitrogen and oxygen atoms in total. The highest BCUT2D eigenvalue weighted by Gasteiger charge is 1.97. The van der Waals surface area contributed by atoms with E-state index >= 15 is 0 Å². The SMILES string of the molecule is CCSc1ccc(Nc2cnns2)cc1. The van der Waals surface area contributed by atoms with Crippen molar-refractivity contribution in [1.82, 2.24) is 9.59 Å². The van der Waals surface area contributed by atoms with Gasteiger partial charge in [-0.2, -0.15) is 0 Å². The van der Waals surface area contributed by atoms with Crippen LogP contribution in [0.1, 0.15) is 6.92 Å². The van der Waals surface area contributed by atoms with Gasteiger partial charge in [-0.25, -0.2) is 0 Å². The third-order valence-corrected chi connectivity index (χ3v) is 3.27. The monoisotopic (exact) mass is 237 g/mol. The van der Waals surface area contributed by atoms with E-state index in [1.54, 1.807) is 6.20 Å². The van der Waals surface area contributed by atoms with Crippen LogP contribution in [0.15, 0.2) is 35.4 Å². The number of nitrogens with one attached hydrogen (secondary N) is 1. The molecule has 5 heteroatoms. The van der Waals surface area contributed by atoms with Crippen LogP contribution in [0.4, 0.5) is 10.7 Å². The van der Waals surface area contributed by atoms with E-state index in [1.165, 1.54) is 16.4 Å². The Morgan fingerprint density at radius 1 is 1.33 bits per heavy atom. The highest BCUT2D eigenvalue weighted by atomic mass is 32.2. The summed E-state index contributed by atoms with van der Waals surface area (Å²) in [7, 11) is 0. The van der Waals surface area contributed by atoms with E-state index in [1.807, 2.05) is 11.8 Å². The molecule has 0 radical (unpaired) electrons. The summed E-state index contributed by atoms with van der Waals surface area (Å²) in [6.07, 6.45) is 1.72. The molecule has 15 heavy (non-hydrogen) atoms. The van der Waals surface area contributed by atoms with Crippen LogP contribution in [0.5, 0.6) is 0 Å². The molecule has 0 atom stereocenters. The lowest BCUT2D eigenvalue weighted by Crippen LogP contribution is -1.86. The molecule has 0 amide bonds. The number of benzene rings is 1. The summed E-state index contributed by atoms with van der Waals surface area (Å²) in [6, 6.07) is 8.37. The van der Waals surface area contributed by atoms with E-state index < -0.39 is 0 Å². The first-order valence-electron chi connectivity index (χ1n) is 4.65. The zero-order valence-electron chi connectivity index (χ0n) is 8.30. The molecule has 0 saturated carbocycles. The maximum Gasteiger partial charge on any atom is 0.134 e. The molecule has 0 aliphatic carbocycles. The summed E-state index contributed by atoms with van der Waals surface area (Å²) in [4.78, 5) is 1.30. The van der Waals surface area contributed by atoms with Gasteiger partial charge in [0.15, 0.2) is 0 Å². The molecule has 1 aromatic carbocycles. The van der Waals surface area contributed by atoms with Gasteiger partial charge in [0.1, 0.15) is 5.00 Å². The van der Waals surface area contributed by atoms with Crippen molar-refractivity contribution in [2.75, 3.05) is 11.1 Å². The van der Waals surface area contributed by atoms with Crippen LogP contribution in [-0.2, 0) is 0 Å². The number of nitrogens with zero attached hydrogens (tertiary/aromatic N) is 2. The maximum absolute atomic E-state index is 3.79. The molecular formula is C10H11N3S2. The van der Waals surface area contributed by atoms with Crippen molar-refractivity contribution in [3.05, 3.63) is 30.5 Å². The first-order chi connectivity index (χ1) is 7.38. The molecule has 1 aromatic heterocycles. The number of anilines is 2. The van der Waals surface area contributed by atoms with Gasteiger partial charge in [-0.05, 0) is 30.0 Å². The third kappa shape index (κ3) is 2.94. The van der Waals surface area contributed by atoms with Crippen molar-refractivity contribution in [2.24, 2.45) is 0 Å². The Morgan fingerprint density at radius 3 is 2.73 bits per heavy atom. The number of hydrogen-bond acceptors (Lipinski definition) is 5. The number of rotatable bonds is 4. The maximum atomic E-state index is 3.79. The molecule has 78 valence electrons. The van der Waals surface area contributed by atoms with Crippen LogP contribution in [0, 0.1) is 0 Å².